The summed E-state index contributed by atoms with van der Waals surface area (Å²) in [4.78, 5) is 13.2. The zero-order valence-corrected chi connectivity index (χ0v) is 29.6. The van der Waals surface area contributed by atoms with Gasteiger partial charge in [0, 0.05) is 17.5 Å². The standard InChI is InChI=1S/C38H59ClO5/c1-33(2,43-9)18-10-19-38(8,42)26-15-21-37(7)31(26)27(40)23-29-35(5)20-17-30(34(3,4)28(35)16-22-36(29,37)6)44-32(41)24-11-13-25(39)14-12-24/h11-14,26-31,40,42H,10,15-23H2,1-9H3/t26-,27+,28-,29+,30-,31-,35-,36+,37+,38+/m0/s1. The van der Waals surface area contributed by atoms with Crippen molar-refractivity contribution in [3.05, 3.63) is 34.9 Å². The molecule has 4 aliphatic rings. The van der Waals surface area contributed by atoms with Crippen molar-refractivity contribution >= 4 is 17.6 Å². The molecule has 5 rings (SSSR count). The SMILES string of the molecule is COC(C)(C)CCC[C@@](C)(O)[C@H]1CC[C@]2(C)[C@@H]1[C@H](O)C[C@@H]1[C@@]3(C)CC[C@H](OC(=O)c4ccc(Cl)cc4)C(C)(C)[C@@H]3CC[C@]12C. The Morgan fingerprint density at radius 2 is 1.57 bits per heavy atom. The Morgan fingerprint density at radius 1 is 0.932 bits per heavy atom. The van der Waals surface area contributed by atoms with Gasteiger partial charge in [0.1, 0.15) is 6.10 Å². The van der Waals surface area contributed by atoms with E-state index in [1.165, 1.54) is 0 Å². The van der Waals surface area contributed by atoms with Crippen molar-refractivity contribution < 1.29 is 24.5 Å². The number of methoxy groups -OCH3 is 1. The Balaban J connectivity index is 1.35. The fourth-order valence-corrected chi connectivity index (χ4v) is 11.7. The van der Waals surface area contributed by atoms with E-state index in [1.54, 1.807) is 31.4 Å². The van der Waals surface area contributed by atoms with Gasteiger partial charge in [0.05, 0.1) is 22.9 Å². The van der Waals surface area contributed by atoms with E-state index < -0.39 is 11.7 Å². The molecule has 0 spiro atoms. The summed E-state index contributed by atoms with van der Waals surface area (Å²) >= 11 is 6.05. The fraction of sp³-hybridized carbons (Fsp3) is 0.816. The first-order valence-electron chi connectivity index (χ1n) is 17.2. The highest BCUT2D eigenvalue weighted by Crippen LogP contribution is 2.76. The lowest BCUT2D eigenvalue weighted by Crippen LogP contribution is -2.66. The maximum atomic E-state index is 13.2. The zero-order chi connectivity index (χ0) is 32.5. The van der Waals surface area contributed by atoms with Gasteiger partial charge < -0.3 is 19.7 Å². The molecule has 44 heavy (non-hydrogen) atoms. The van der Waals surface area contributed by atoms with Gasteiger partial charge in [-0.2, -0.15) is 0 Å². The average molecular weight is 631 g/mol. The third-order valence-corrected chi connectivity index (χ3v) is 14.7. The molecule has 5 nitrogen and oxygen atoms in total. The van der Waals surface area contributed by atoms with Crippen molar-refractivity contribution in [1.29, 1.82) is 0 Å². The molecule has 0 bridgehead atoms. The van der Waals surface area contributed by atoms with E-state index in [1.807, 2.05) is 6.92 Å². The number of rotatable bonds is 8. The Hall–Kier alpha value is -1.14. The van der Waals surface area contributed by atoms with Crippen LogP contribution in [0.2, 0.25) is 5.02 Å². The van der Waals surface area contributed by atoms with Crippen molar-refractivity contribution in [3.63, 3.8) is 0 Å². The number of esters is 1. The first-order chi connectivity index (χ1) is 20.3. The van der Waals surface area contributed by atoms with Crippen LogP contribution in [-0.2, 0) is 9.47 Å². The lowest BCUT2D eigenvalue weighted by atomic mass is 9.35. The summed E-state index contributed by atoms with van der Waals surface area (Å²) in [6, 6.07) is 6.95. The lowest BCUT2D eigenvalue weighted by molar-refractivity contribution is -0.246. The normalized spacial score (nSPS) is 41.2. The van der Waals surface area contributed by atoms with E-state index in [0.717, 1.165) is 64.2 Å². The van der Waals surface area contributed by atoms with E-state index in [2.05, 4.69) is 48.5 Å². The molecule has 6 heteroatoms. The van der Waals surface area contributed by atoms with Crippen LogP contribution in [0.3, 0.4) is 0 Å². The molecule has 1 aromatic rings. The molecule has 2 N–H and O–H groups in total. The first-order valence-corrected chi connectivity index (χ1v) is 17.6. The van der Waals surface area contributed by atoms with Crippen LogP contribution in [0, 0.1) is 45.3 Å². The monoisotopic (exact) mass is 630 g/mol. The highest BCUT2D eigenvalue weighted by molar-refractivity contribution is 6.30. The third-order valence-electron chi connectivity index (χ3n) is 14.5. The minimum Gasteiger partial charge on any atom is -0.458 e. The van der Waals surface area contributed by atoms with Gasteiger partial charge in [-0.25, -0.2) is 4.79 Å². The number of hydrogen-bond acceptors (Lipinski definition) is 5. The molecule has 0 heterocycles. The number of aliphatic hydroxyl groups excluding tert-OH is 1. The molecule has 10 atom stereocenters. The van der Waals surface area contributed by atoms with Crippen molar-refractivity contribution in [2.24, 2.45) is 45.3 Å². The van der Waals surface area contributed by atoms with E-state index >= 15 is 0 Å². The number of carbonyl (C=O) groups excluding carboxylic acids is 1. The Bertz CT molecular complexity index is 1210. The second kappa shape index (κ2) is 11.5. The van der Waals surface area contributed by atoms with Crippen molar-refractivity contribution in [3.8, 4) is 0 Å². The molecule has 0 radical (unpaired) electrons. The van der Waals surface area contributed by atoms with E-state index in [9.17, 15) is 15.0 Å². The van der Waals surface area contributed by atoms with E-state index in [-0.39, 0.29) is 51.2 Å². The Labute approximate surface area is 271 Å². The summed E-state index contributed by atoms with van der Waals surface area (Å²) in [5.74, 6) is 0.683. The topological polar surface area (TPSA) is 76.0 Å². The number of aliphatic hydroxyl groups is 2. The van der Waals surface area contributed by atoms with Gasteiger partial charge in [-0.1, -0.05) is 46.2 Å². The van der Waals surface area contributed by atoms with Crippen LogP contribution in [0.5, 0.6) is 0 Å². The molecule has 0 unspecified atom stereocenters. The third kappa shape index (κ3) is 5.48. The van der Waals surface area contributed by atoms with Gasteiger partial charge in [-0.3, -0.25) is 0 Å². The molecule has 0 saturated heterocycles. The van der Waals surface area contributed by atoms with Crippen LogP contribution in [0.15, 0.2) is 24.3 Å². The molecule has 4 aliphatic carbocycles. The highest BCUT2D eigenvalue weighted by atomic mass is 35.5. The zero-order valence-electron chi connectivity index (χ0n) is 28.8. The number of fused-ring (bicyclic) bond motifs is 5. The molecule has 1 aromatic carbocycles. The largest absolute Gasteiger partial charge is 0.458 e. The molecule has 0 aromatic heterocycles. The Morgan fingerprint density at radius 3 is 2.20 bits per heavy atom. The first kappa shape index (κ1) is 34.2. The predicted octanol–water partition coefficient (Wildman–Crippen LogP) is 8.87. The summed E-state index contributed by atoms with van der Waals surface area (Å²) in [5.41, 5.74) is -0.568. The van der Waals surface area contributed by atoms with Gasteiger partial charge in [0.25, 0.3) is 0 Å². The van der Waals surface area contributed by atoms with Gasteiger partial charge >= 0.3 is 5.97 Å². The molecule has 0 amide bonds. The summed E-state index contributed by atoms with van der Waals surface area (Å²) in [6.07, 6.45) is 8.79. The summed E-state index contributed by atoms with van der Waals surface area (Å²) in [5, 5.41) is 24.6. The number of halogens is 1. The van der Waals surface area contributed by atoms with Crippen molar-refractivity contribution in [1.82, 2.24) is 0 Å². The second-order valence-electron chi connectivity index (χ2n) is 17.4. The number of ether oxygens (including phenoxy) is 2. The summed E-state index contributed by atoms with van der Waals surface area (Å²) in [7, 11) is 1.76. The van der Waals surface area contributed by atoms with Gasteiger partial charge in [0.15, 0.2) is 0 Å². The number of carbonyl (C=O) groups is 1. The van der Waals surface area contributed by atoms with E-state index in [4.69, 9.17) is 21.1 Å². The van der Waals surface area contributed by atoms with Crippen LogP contribution in [0.25, 0.3) is 0 Å². The second-order valence-corrected chi connectivity index (χ2v) is 17.8. The van der Waals surface area contributed by atoms with Gasteiger partial charge in [-0.05, 0) is 149 Å². The lowest BCUT2D eigenvalue weighted by Gasteiger charge is -2.70. The fourth-order valence-electron chi connectivity index (χ4n) is 11.6. The number of benzene rings is 1. The maximum absolute atomic E-state index is 13.2. The minimum atomic E-state index is -0.814. The molecular formula is C38H59ClO5. The van der Waals surface area contributed by atoms with Crippen LogP contribution >= 0.6 is 11.6 Å². The average Bonchev–Trinajstić information content (AvgIpc) is 3.32. The van der Waals surface area contributed by atoms with Crippen LogP contribution in [-0.4, -0.2) is 46.7 Å². The van der Waals surface area contributed by atoms with Crippen molar-refractivity contribution in [2.45, 2.75) is 143 Å². The minimum absolute atomic E-state index is 0.0359. The number of hydrogen-bond donors (Lipinski definition) is 2. The van der Waals surface area contributed by atoms with Crippen LogP contribution in [0.4, 0.5) is 0 Å². The molecule has 248 valence electrons. The summed E-state index contributed by atoms with van der Waals surface area (Å²) in [6.45, 7) is 18.3. The smallest absolute Gasteiger partial charge is 0.338 e. The van der Waals surface area contributed by atoms with E-state index in [0.29, 0.717) is 22.4 Å². The van der Waals surface area contributed by atoms with Gasteiger partial charge in [0.2, 0.25) is 0 Å². The van der Waals surface area contributed by atoms with Crippen LogP contribution < -0.4 is 0 Å². The molecule has 0 aliphatic heterocycles. The quantitative estimate of drug-likeness (QED) is 0.281. The van der Waals surface area contributed by atoms with Crippen molar-refractivity contribution in [2.75, 3.05) is 7.11 Å². The van der Waals surface area contributed by atoms with Gasteiger partial charge in [-0.15, -0.1) is 0 Å². The predicted molar refractivity (Wildman–Crippen MR) is 177 cm³/mol. The maximum Gasteiger partial charge on any atom is 0.338 e. The molecule has 4 saturated carbocycles. The molecular weight excluding hydrogens is 572 g/mol. The highest BCUT2D eigenvalue weighted by Gasteiger charge is 2.71. The summed E-state index contributed by atoms with van der Waals surface area (Å²) < 4.78 is 11.9. The molecule has 4 fully saturated rings. The Kier molecular flexibility index (Phi) is 8.96. The van der Waals surface area contributed by atoms with Crippen LogP contribution in [0.1, 0.15) is 130 Å².